The molecule has 2 nitrogen and oxygen atoms in total. The zero-order valence-corrected chi connectivity index (χ0v) is 5.82. The van der Waals surface area contributed by atoms with Gasteiger partial charge in [-0.2, -0.15) is 0 Å². The van der Waals surface area contributed by atoms with E-state index in [-0.39, 0.29) is 0 Å². The maximum absolute atomic E-state index is 4.70. The van der Waals surface area contributed by atoms with E-state index in [1.54, 1.807) is 14.2 Å². The molecule has 4 heteroatoms. The lowest BCUT2D eigenvalue weighted by Crippen LogP contribution is -2.06. The number of hydrogen-bond donors (Lipinski definition) is 0. The van der Waals surface area contributed by atoms with Crippen LogP contribution in [0.25, 0.3) is 0 Å². The average molecular weight is 118 g/mol. The van der Waals surface area contributed by atoms with Gasteiger partial charge in [-0.15, -0.1) is 0 Å². The first-order valence-electron chi connectivity index (χ1n) is 1.47. The van der Waals surface area contributed by atoms with Crippen molar-refractivity contribution in [3.63, 3.8) is 0 Å². The normalized spacial score (nSPS) is 9.00. The first-order valence-corrected chi connectivity index (χ1v) is 4.29. The summed E-state index contributed by atoms with van der Waals surface area (Å²) in [7, 11) is 4.38. The van der Waals surface area contributed by atoms with Crippen LogP contribution in [0.5, 0.6) is 0 Å². The zero-order chi connectivity index (χ0) is 4.83. The van der Waals surface area contributed by atoms with Crippen LogP contribution in [0.2, 0.25) is 0 Å². The zero-order valence-electron chi connectivity index (χ0n) is 3.82. The Morgan fingerprint density at radius 1 is 1.00 bits per heavy atom. The second kappa shape index (κ2) is 5.35. The van der Waals surface area contributed by atoms with Crippen molar-refractivity contribution in [2.45, 2.75) is 0 Å². The summed E-state index contributed by atoms with van der Waals surface area (Å²) in [5, 5.41) is 0. The molecule has 34 valence electrons. The van der Waals surface area contributed by atoms with Crippen LogP contribution in [-0.4, -0.2) is 32.8 Å². The topological polar surface area (TPSA) is 18.5 Å². The van der Waals surface area contributed by atoms with Gasteiger partial charge in [-0.25, -0.2) is 0 Å². The van der Waals surface area contributed by atoms with Crippen molar-refractivity contribution >= 4 is 18.6 Å². The summed E-state index contributed by atoms with van der Waals surface area (Å²) < 4.78 is 9.39. The Kier molecular flexibility index (Phi) is 5.67. The van der Waals surface area contributed by atoms with Crippen molar-refractivity contribution in [2.24, 2.45) is 0 Å². The highest BCUT2D eigenvalue weighted by Crippen LogP contribution is 1.56. The lowest BCUT2D eigenvalue weighted by Gasteiger charge is -1.86. The van der Waals surface area contributed by atoms with Crippen LogP contribution in [0.3, 0.4) is 0 Å². The van der Waals surface area contributed by atoms with Gasteiger partial charge in [-0.05, 0) is 0 Å². The Morgan fingerprint density at radius 2 is 1.33 bits per heavy atom. The molecule has 0 spiro atoms. The Labute approximate surface area is 42.5 Å². The van der Waals surface area contributed by atoms with Gasteiger partial charge in [-0.1, -0.05) is 0 Å². The minimum atomic E-state index is 0.520. The molecule has 0 atom stereocenters. The number of rotatable bonds is 3. The van der Waals surface area contributed by atoms with Crippen molar-refractivity contribution in [3.05, 3.63) is 0 Å². The van der Waals surface area contributed by atoms with Crippen LogP contribution >= 0.6 is 0 Å². The fourth-order valence-corrected chi connectivity index (χ4v) is 0.750. The third-order valence-electron chi connectivity index (χ3n) is 0.246. The highest BCUT2D eigenvalue weighted by atomic mass is 29.2. The smallest absolute Gasteiger partial charge is 0.245 e. The molecule has 0 saturated heterocycles. The summed E-state index contributed by atoms with van der Waals surface area (Å²) >= 11 is 0. The summed E-state index contributed by atoms with van der Waals surface area (Å²) in [4.78, 5) is 0. The third kappa shape index (κ3) is 4.35. The lowest BCUT2D eigenvalue weighted by atomic mass is 11.8. The van der Waals surface area contributed by atoms with Gasteiger partial charge in [0, 0.05) is 14.2 Å². The van der Waals surface area contributed by atoms with Crippen molar-refractivity contribution in [1.82, 2.24) is 0 Å². The molecule has 0 bridgehead atoms. The van der Waals surface area contributed by atoms with E-state index in [0.29, 0.717) is 18.6 Å². The molecule has 0 aliphatic carbocycles. The molecule has 0 aromatic rings. The number of hydrogen-bond acceptors (Lipinski definition) is 2. The van der Waals surface area contributed by atoms with E-state index in [4.69, 9.17) is 8.85 Å². The quantitative estimate of drug-likeness (QED) is 0.365. The SMILES string of the molecule is CO[Si][Si]OC. The molecule has 0 rings (SSSR count). The van der Waals surface area contributed by atoms with Gasteiger partial charge in [0.1, 0.15) is 0 Å². The summed E-state index contributed by atoms with van der Waals surface area (Å²) in [6.07, 6.45) is 0. The third-order valence-corrected chi connectivity index (χ3v) is 2.21. The Hall–Kier alpha value is 0.354. The highest BCUT2D eigenvalue weighted by molar-refractivity contribution is 6.93. The highest BCUT2D eigenvalue weighted by Gasteiger charge is 1.83. The largest absolute Gasteiger partial charge is 0.422 e. The molecule has 6 heavy (non-hydrogen) atoms. The maximum Gasteiger partial charge on any atom is 0.245 e. The van der Waals surface area contributed by atoms with Crippen LogP contribution in [0.1, 0.15) is 0 Å². The van der Waals surface area contributed by atoms with Crippen molar-refractivity contribution < 1.29 is 8.85 Å². The molecule has 0 aliphatic heterocycles. The molecular formula is C2H6O2Si2. The van der Waals surface area contributed by atoms with Crippen LogP contribution in [0.15, 0.2) is 0 Å². The van der Waals surface area contributed by atoms with Crippen molar-refractivity contribution in [2.75, 3.05) is 14.2 Å². The van der Waals surface area contributed by atoms with E-state index in [0.717, 1.165) is 0 Å². The Morgan fingerprint density at radius 3 is 1.50 bits per heavy atom. The molecule has 0 fully saturated rings. The molecule has 4 radical (unpaired) electrons. The molecule has 0 aromatic carbocycles. The van der Waals surface area contributed by atoms with E-state index >= 15 is 0 Å². The summed E-state index contributed by atoms with van der Waals surface area (Å²) in [5.74, 6) is 0. The van der Waals surface area contributed by atoms with E-state index in [2.05, 4.69) is 0 Å². The molecule has 0 aliphatic rings. The molecule has 0 saturated carbocycles. The van der Waals surface area contributed by atoms with Gasteiger partial charge >= 0.3 is 0 Å². The van der Waals surface area contributed by atoms with Gasteiger partial charge in [0.25, 0.3) is 0 Å². The second-order valence-corrected chi connectivity index (χ2v) is 3.06. The molecule has 0 N–H and O–H groups in total. The summed E-state index contributed by atoms with van der Waals surface area (Å²) in [6, 6.07) is 0. The predicted molar refractivity (Wildman–Crippen MR) is 25.5 cm³/mol. The van der Waals surface area contributed by atoms with Crippen molar-refractivity contribution in [1.29, 1.82) is 0 Å². The summed E-state index contributed by atoms with van der Waals surface area (Å²) in [6.45, 7) is 0. The molecule has 0 aromatic heterocycles. The fourth-order valence-electron chi connectivity index (χ4n) is 0.0833. The van der Waals surface area contributed by atoms with Crippen LogP contribution in [0, 0.1) is 0 Å². The van der Waals surface area contributed by atoms with Gasteiger partial charge < -0.3 is 8.85 Å². The van der Waals surface area contributed by atoms with Crippen LogP contribution in [-0.2, 0) is 8.85 Å². The van der Waals surface area contributed by atoms with Crippen LogP contribution in [0.4, 0.5) is 0 Å². The summed E-state index contributed by atoms with van der Waals surface area (Å²) in [5.41, 5.74) is 0. The minimum absolute atomic E-state index is 0.520. The van der Waals surface area contributed by atoms with E-state index in [1.807, 2.05) is 0 Å². The first-order chi connectivity index (χ1) is 2.91. The standard InChI is InChI=1S/C2H6O2Si2/c1-3-5-6-4-2/h1-2H3. The Balaban J connectivity index is 2.34. The monoisotopic (exact) mass is 118 g/mol. The van der Waals surface area contributed by atoms with Gasteiger partial charge in [0.05, 0.1) is 0 Å². The molecular weight excluding hydrogens is 112 g/mol. The maximum atomic E-state index is 4.70. The van der Waals surface area contributed by atoms with E-state index in [9.17, 15) is 0 Å². The molecule has 0 amide bonds. The minimum Gasteiger partial charge on any atom is -0.422 e. The Bertz CT molecular complexity index is 21.5. The predicted octanol–water partition coefficient (Wildman–Crippen LogP) is -0.567. The first kappa shape index (κ1) is 6.35. The lowest BCUT2D eigenvalue weighted by molar-refractivity contribution is 0.425. The van der Waals surface area contributed by atoms with Gasteiger partial charge in [0.2, 0.25) is 18.6 Å². The van der Waals surface area contributed by atoms with Gasteiger partial charge in [-0.3, -0.25) is 0 Å². The van der Waals surface area contributed by atoms with Gasteiger partial charge in [0.15, 0.2) is 0 Å². The van der Waals surface area contributed by atoms with E-state index < -0.39 is 0 Å². The second-order valence-electron chi connectivity index (χ2n) is 0.612. The van der Waals surface area contributed by atoms with Crippen molar-refractivity contribution in [3.8, 4) is 0 Å². The molecule has 0 unspecified atom stereocenters. The fraction of sp³-hybridized carbons (Fsp3) is 1.00. The van der Waals surface area contributed by atoms with Crippen LogP contribution < -0.4 is 0 Å². The molecule has 0 heterocycles. The van der Waals surface area contributed by atoms with E-state index in [1.165, 1.54) is 0 Å². The average Bonchev–Trinajstić information content (AvgIpc) is 1.61.